The van der Waals surface area contributed by atoms with Gasteiger partial charge in [0.05, 0.1) is 0 Å². The molecule has 21 heavy (non-hydrogen) atoms. The van der Waals surface area contributed by atoms with Crippen LogP contribution in [0.5, 0.6) is 0 Å². The first kappa shape index (κ1) is 15.1. The number of carbonyl (C=O) groups excluding carboxylic acids is 1. The van der Waals surface area contributed by atoms with Crippen molar-refractivity contribution in [3.05, 3.63) is 36.0 Å². The van der Waals surface area contributed by atoms with Gasteiger partial charge in [-0.3, -0.25) is 9.78 Å². The number of nitrogens with one attached hydrogen (secondary N) is 1. The van der Waals surface area contributed by atoms with Gasteiger partial charge in [-0.15, -0.1) is 5.10 Å². The Morgan fingerprint density at radius 3 is 2.62 bits per heavy atom. The van der Waals surface area contributed by atoms with E-state index >= 15 is 0 Å². The maximum Gasteiger partial charge on any atom is 0.335 e. The van der Waals surface area contributed by atoms with Crippen LogP contribution < -0.4 is 5.32 Å². The summed E-state index contributed by atoms with van der Waals surface area (Å²) in [6.45, 7) is 0.414. The topological polar surface area (TPSA) is 115 Å². The van der Waals surface area contributed by atoms with Gasteiger partial charge in [-0.1, -0.05) is 5.10 Å². The number of hydrogen-bond donors (Lipinski definition) is 1. The maximum atomic E-state index is 11.7. The summed E-state index contributed by atoms with van der Waals surface area (Å²) in [6.07, 6.45) is 5.03. The van der Waals surface area contributed by atoms with Crippen molar-refractivity contribution in [1.29, 1.82) is 0 Å². The van der Waals surface area contributed by atoms with Crippen LogP contribution in [0.15, 0.2) is 34.2 Å². The van der Waals surface area contributed by atoms with E-state index in [4.69, 9.17) is 4.42 Å². The van der Waals surface area contributed by atoms with Crippen molar-refractivity contribution >= 4 is 15.7 Å². The molecular weight excluding hydrogens is 296 g/mol. The van der Waals surface area contributed by atoms with Crippen molar-refractivity contribution in [2.24, 2.45) is 0 Å². The molecule has 0 aliphatic heterocycles. The quantitative estimate of drug-likeness (QED) is 0.759. The normalized spacial score (nSPS) is 11.3. The van der Waals surface area contributed by atoms with E-state index in [1.165, 1.54) is 0 Å². The summed E-state index contributed by atoms with van der Waals surface area (Å²) in [5.41, 5.74) is 0.530. The average molecular weight is 310 g/mol. The van der Waals surface area contributed by atoms with Crippen LogP contribution in [0.3, 0.4) is 0 Å². The third-order valence-electron chi connectivity index (χ3n) is 2.56. The lowest BCUT2D eigenvalue weighted by atomic mass is 10.2. The van der Waals surface area contributed by atoms with E-state index in [1.54, 1.807) is 24.5 Å². The third-order valence-corrected chi connectivity index (χ3v) is 3.36. The third kappa shape index (κ3) is 4.35. The minimum Gasteiger partial charge on any atom is -0.413 e. The second kappa shape index (κ2) is 6.44. The van der Waals surface area contributed by atoms with E-state index in [1.807, 2.05) is 0 Å². The highest BCUT2D eigenvalue weighted by Gasteiger charge is 2.16. The summed E-state index contributed by atoms with van der Waals surface area (Å²) >= 11 is 0. The lowest BCUT2D eigenvalue weighted by molar-refractivity contribution is 0.0953. The molecule has 112 valence electrons. The van der Waals surface area contributed by atoms with Crippen LogP contribution in [-0.2, 0) is 16.3 Å². The summed E-state index contributed by atoms with van der Waals surface area (Å²) in [5.74, 6) is 0.0355. The van der Waals surface area contributed by atoms with Crippen molar-refractivity contribution in [2.45, 2.75) is 18.1 Å². The molecule has 1 amide bonds. The molecule has 0 atom stereocenters. The molecule has 0 unspecified atom stereocenters. The summed E-state index contributed by atoms with van der Waals surface area (Å²) < 4.78 is 27.3. The fourth-order valence-electron chi connectivity index (χ4n) is 1.54. The number of pyridine rings is 1. The molecule has 1 N–H and O–H groups in total. The van der Waals surface area contributed by atoms with E-state index in [-0.39, 0.29) is 11.8 Å². The van der Waals surface area contributed by atoms with Gasteiger partial charge in [-0.2, -0.15) is 0 Å². The molecule has 2 aromatic heterocycles. The zero-order valence-corrected chi connectivity index (χ0v) is 12.1. The van der Waals surface area contributed by atoms with Crippen molar-refractivity contribution in [2.75, 3.05) is 12.8 Å². The van der Waals surface area contributed by atoms with E-state index in [0.29, 0.717) is 24.9 Å². The Kier molecular flexibility index (Phi) is 4.63. The first-order valence-corrected chi connectivity index (χ1v) is 8.06. The molecule has 0 aliphatic rings. The monoisotopic (exact) mass is 310 g/mol. The highest BCUT2D eigenvalue weighted by Crippen LogP contribution is 2.08. The Morgan fingerprint density at radius 1 is 1.29 bits per heavy atom. The van der Waals surface area contributed by atoms with Gasteiger partial charge in [0.15, 0.2) is 0 Å². The number of carbonyl (C=O) groups is 1. The number of sulfone groups is 1. The fraction of sp³-hybridized carbons (Fsp3) is 0.333. The Balaban J connectivity index is 1.78. The smallest absolute Gasteiger partial charge is 0.335 e. The molecule has 0 aliphatic carbocycles. The van der Waals surface area contributed by atoms with E-state index < -0.39 is 15.1 Å². The Bertz CT molecular complexity index is 712. The van der Waals surface area contributed by atoms with E-state index in [2.05, 4.69) is 20.5 Å². The summed E-state index contributed by atoms with van der Waals surface area (Å²) in [5, 5.41) is 9.43. The van der Waals surface area contributed by atoms with Crippen LogP contribution in [0.1, 0.15) is 22.7 Å². The standard InChI is InChI=1S/C12H14N4O4S/c1-21(18,19)12-16-15-10(20-12)3-2-6-14-11(17)9-4-7-13-8-5-9/h4-5,7-8H,2-3,6H2,1H3,(H,14,17). The van der Waals surface area contributed by atoms with Crippen LogP contribution in [0.2, 0.25) is 0 Å². The molecule has 9 heteroatoms. The van der Waals surface area contributed by atoms with Gasteiger partial charge in [0, 0.05) is 37.2 Å². The lowest BCUT2D eigenvalue weighted by Crippen LogP contribution is -2.24. The van der Waals surface area contributed by atoms with Gasteiger partial charge in [-0.25, -0.2) is 8.42 Å². The molecule has 0 radical (unpaired) electrons. The summed E-state index contributed by atoms with van der Waals surface area (Å²) in [4.78, 5) is 15.6. The number of aryl methyl sites for hydroxylation is 1. The molecular formula is C12H14N4O4S. The molecule has 0 spiro atoms. The molecule has 2 aromatic rings. The van der Waals surface area contributed by atoms with Crippen LogP contribution in [0, 0.1) is 0 Å². The molecule has 0 saturated carbocycles. The Labute approximate surface area is 121 Å². The summed E-state index contributed by atoms with van der Waals surface area (Å²) in [6, 6.07) is 3.23. The minimum absolute atomic E-state index is 0.195. The number of amides is 1. The van der Waals surface area contributed by atoms with Crippen molar-refractivity contribution in [1.82, 2.24) is 20.5 Å². The number of rotatable bonds is 6. The maximum absolute atomic E-state index is 11.7. The zero-order valence-electron chi connectivity index (χ0n) is 11.3. The first-order chi connectivity index (χ1) is 9.97. The minimum atomic E-state index is -3.48. The fourth-order valence-corrected chi connectivity index (χ4v) is 1.97. The van der Waals surface area contributed by atoms with Gasteiger partial charge < -0.3 is 9.73 Å². The van der Waals surface area contributed by atoms with Crippen LogP contribution >= 0.6 is 0 Å². The summed E-state index contributed by atoms with van der Waals surface area (Å²) in [7, 11) is -3.48. The van der Waals surface area contributed by atoms with Crippen LogP contribution in [0.25, 0.3) is 0 Å². The van der Waals surface area contributed by atoms with Crippen LogP contribution in [0.4, 0.5) is 0 Å². The van der Waals surface area contributed by atoms with Crippen molar-refractivity contribution in [3.63, 3.8) is 0 Å². The molecule has 0 fully saturated rings. The van der Waals surface area contributed by atoms with Crippen LogP contribution in [-0.4, -0.2) is 42.3 Å². The van der Waals surface area contributed by atoms with E-state index in [9.17, 15) is 13.2 Å². The Hall–Kier alpha value is -2.29. The molecule has 0 aromatic carbocycles. The highest BCUT2D eigenvalue weighted by atomic mass is 32.2. The van der Waals surface area contributed by atoms with Gasteiger partial charge in [0.1, 0.15) is 0 Å². The number of nitrogens with zero attached hydrogens (tertiary/aromatic N) is 3. The van der Waals surface area contributed by atoms with Crippen molar-refractivity contribution < 1.29 is 17.6 Å². The second-order valence-electron chi connectivity index (χ2n) is 4.33. The van der Waals surface area contributed by atoms with Crippen molar-refractivity contribution in [3.8, 4) is 0 Å². The largest absolute Gasteiger partial charge is 0.413 e. The van der Waals surface area contributed by atoms with Gasteiger partial charge in [0.25, 0.3) is 5.91 Å². The SMILES string of the molecule is CS(=O)(=O)c1nnc(CCCNC(=O)c2ccncc2)o1. The second-order valence-corrected chi connectivity index (χ2v) is 6.22. The zero-order chi connectivity index (χ0) is 15.3. The predicted octanol–water partition coefficient (Wildman–Crippen LogP) is 0.231. The highest BCUT2D eigenvalue weighted by molar-refractivity contribution is 7.90. The first-order valence-electron chi connectivity index (χ1n) is 6.17. The van der Waals surface area contributed by atoms with E-state index in [0.717, 1.165) is 6.26 Å². The number of aromatic nitrogens is 3. The van der Waals surface area contributed by atoms with Gasteiger partial charge >= 0.3 is 5.22 Å². The molecule has 8 nitrogen and oxygen atoms in total. The molecule has 0 bridgehead atoms. The molecule has 2 heterocycles. The van der Waals surface area contributed by atoms with Gasteiger partial charge in [0.2, 0.25) is 15.7 Å². The Morgan fingerprint density at radius 2 is 2.00 bits per heavy atom. The predicted molar refractivity (Wildman–Crippen MR) is 72.3 cm³/mol. The molecule has 2 rings (SSSR count). The average Bonchev–Trinajstić information content (AvgIpc) is 2.93. The molecule has 0 saturated heterocycles. The number of hydrogen-bond acceptors (Lipinski definition) is 7. The lowest BCUT2D eigenvalue weighted by Gasteiger charge is -2.03. The van der Waals surface area contributed by atoms with Gasteiger partial charge in [-0.05, 0) is 18.6 Å².